The van der Waals surface area contributed by atoms with Crippen molar-refractivity contribution in [2.75, 3.05) is 51.6 Å². The van der Waals surface area contributed by atoms with E-state index in [-0.39, 0.29) is 18.3 Å². The number of likely N-dealkylation sites (N-methyl/N-ethyl adjacent to an activating group) is 1. The van der Waals surface area contributed by atoms with Crippen LogP contribution >= 0.6 is 0 Å². The van der Waals surface area contributed by atoms with Gasteiger partial charge in [-0.1, -0.05) is 6.07 Å². The van der Waals surface area contributed by atoms with E-state index in [9.17, 15) is 0 Å². The van der Waals surface area contributed by atoms with Crippen LogP contribution in [0, 0.1) is 0 Å². The predicted molar refractivity (Wildman–Crippen MR) is 102 cm³/mol. The van der Waals surface area contributed by atoms with Gasteiger partial charge in [-0.2, -0.15) is 0 Å². The summed E-state index contributed by atoms with van der Waals surface area (Å²) in [5, 5.41) is 3.41. The van der Waals surface area contributed by atoms with Gasteiger partial charge in [-0.25, -0.2) is 4.98 Å². The average Bonchev–Trinajstić information content (AvgIpc) is 2.78. The van der Waals surface area contributed by atoms with Crippen LogP contribution in [0.15, 0.2) is 18.3 Å². The summed E-state index contributed by atoms with van der Waals surface area (Å²) in [5.74, 6) is 0.898. The zero-order valence-corrected chi connectivity index (χ0v) is 16.2. The normalized spacial score (nSPS) is 23.8. The Morgan fingerprint density at radius 3 is 2.28 bits per heavy atom. The van der Waals surface area contributed by atoms with Gasteiger partial charge < -0.3 is 19.5 Å². The quantitative estimate of drug-likeness (QED) is 0.804. The number of aromatic nitrogens is 1. The lowest BCUT2D eigenvalue weighted by Crippen LogP contribution is -2.45. The van der Waals surface area contributed by atoms with Gasteiger partial charge in [-0.05, 0) is 40.8 Å². The minimum absolute atomic E-state index is 0.322. The second-order valence-electron chi connectivity index (χ2n) is 8.14. The summed E-state index contributed by atoms with van der Waals surface area (Å²) in [4.78, 5) is 9.38. The Hall–Kier alpha value is -1.15. The first-order valence-corrected chi connectivity index (χ1v) is 9.23. The number of hydrogen-bond acceptors (Lipinski definition) is 6. The number of nitrogens with one attached hydrogen (secondary N) is 1. The zero-order valence-electron chi connectivity index (χ0n) is 16.2. The number of pyridine rings is 1. The van der Waals surface area contributed by atoms with Crippen molar-refractivity contribution in [1.29, 1.82) is 0 Å². The summed E-state index contributed by atoms with van der Waals surface area (Å²) in [6.07, 6.45) is 1.85. The fourth-order valence-electron chi connectivity index (χ4n) is 3.04. The first-order valence-electron chi connectivity index (χ1n) is 9.23. The van der Waals surface area contributed by atoms with E-state index in [1.165, 1.54) is 0 Å². The van der Waals surface area contributed by atoms with E-state index in [0.717, 1.165) is 50.5 Å². The highest BCUT2D eigenvalue weighted by molar-refractivity contribution is 6.62. The van der Waals surface area contributed by atoms with Crippen molar-refractivity contribution in [1.82, 2.24) is 14.8 Å². The summed E-state index contributed by atoms with van der Waals surface area (Å²) in [6.45, 7) is 14.8. The highest BCUT2D eigenvalue weighted by Crippen LogP contribution is 2.36. The second-order valence-corrected chi connectivity index (χ2v) is 8.14. The van der Waals surface area contributed by atoms with Crippen LogP contribution in [0.4, 0.5) is 5.82 Å². The van der Waals surface area contributed by atoms with Gasteiger partial charge in [0.1, 0.15) is 5.82 Å². The molecule has 0 unspecified atom stereocenters. The summed E-state index contributed by atoms with van der Waals surface area (Å²) in [6, 6.07) is 4.04. The first-order chi connectivity index (χ1) is 11.8. The first kappa shape index (κ1) is 18.6. The molecule has 0 saturated carbocycles. The van der Waals surface area contributed by atoms with Crippen LogP contribution in [0.25, 0.3) is 0 Å². The minimum Gasteiger partial charge on any atom is -0.399 e. The maximum atomic E-state index is 6.07. The van der Waals surface area contributed by atoms with Gasteiger partial charge in [0.15, 0.2) is 0 Å². The van der Waals surface area contributed by atoms with Gasteiger partial charge in [0.05, 0.1) is 11.2 Å². The third kappa shape index (κ3) is 4.34. The van der Waals surface area contributed by atoms with Gasteiger partial charge in [0.25, 0.3) is 0 Å². The van der Waals surface area contributed by atoms with Crippen LogP contribution in [0.3, 0.4) is 0 Å². The molecule has 7 heteroatoms. The SMILES string of the molecule is CN1CCN(CCNc2ccc(B3OC(C)(C)C(C)(C)O3)cn2)CC1. The Bertz CT molecular complexity index is 555. The Balaban J connectivity index is 1.48. The molecule has 3 heterocycles. The third-order valence-electron chi connectivity index (χ3n) is 5.64. The maximum Gasteiger partial charge on any atom is 0.496 e. The van der Waals surface area contributed by atoms with Gasteiger partial charge in [0.2, 0.25) is 0 Å². The molecule has 2 aliphatic rings. The summed E-state index contributed by atoms with van der Waals surface area (Å²) in [7, 11) is 1.83. The number of piperazine rings is 1. The van der Waals surface area contributed by atoms with E-state index >= 15 is 0 Å². The lowest BCUT2D eigenvalue weighted by molar-refractivity contribution is 0.00578. The molecule has 0 aromatic carbocycles. The Labute approximate surface area is 152 Å². The lowest BCUT2D eigenvalue weighted by atomic mass is 9.80. The van der Waals surface area contributed by atoms with Crippen molar-refractivity contribution in [3.8, 4) is 0 Å². The van der Waals surface area contributed by atoms with E-state index in [0.29, 0.717) is 0 Å². The van der Waals surface area contributed by atoms with Gasteiger partial charge >= 0.3 is 7.12 Å². The summed E-state index contributed by atoms with van der Waals surface area (Å²) < 4.78 is 12.1. The fraction of sp³-hybridized carbons (Fsp3) is 0.722. The molecule has 0 bridgehead atoms. The predicted octanol–water partition coefficient (Wildman–Crippen LogP) is 1.04. The number of hydrogen-bond donors (Lipinski definition) is 1. The second kappa shape index (κ2) is 7.23. The molecule has 138 valence electrons. The van der Waals surface area contributed by atoms with Gasteiger partial charge in [0, 0.05) is 50.9 Å². The highest BCUT2D eigenvalue weighted by atomic mass is 16.7. The summed E-state index contributed by atoms with van der Waals surface area (Å²) in [5.41, 5.74) is 0.317. The van der Waals surface area contributed by atoms with Crippen LogP contribution in [-0.4, -0.2) is 79.4 Å². The van der Waals surface area contributed by atoms with E-state index in [1.54, 1.807) is 0 Å². The largest absolute Gasteiger partial charge is 0.496 e. The lowest BCUT2D eigenvalue weighted by Gasteiger charge is -2.32. The number of anilines is 1. The number of rotatable bonds is 5. The molecule has 25 heavy (non-hydrogen) atoms. The Morgan fingerprint density at radius 1 is 1.08 bits per heavy atom. The van der Waals surface area contributed by atoms with Crippen LogP contribution in [0.1, 0.15) is 27.7 Å². The monoisotopic (exact) mass is 346 g/mol. The fourth-order valence-corrected chi connectivity index (χ4v) is 3.04. The molecule has 3 rings (SSSR count). The molecule has 0 radical (unpaired) electrons. The van der Waals surface area contributed by atoms with Crippen LogP contribution < -0.4 is 10.8 Å². The Kier molecular flexibility index (Phi) is 5.39. The van der Waals surface area contributed by atoms with E-state index in [1.807, 2.05) is 18.3 Å². The van der Waals surface area contributed by atoms with E-state index < -0.39 is 0 Å². The highest BCUT2D eigenvalue weighted by Gasteiger charge is 2.51. The zero-order chi connectivity index (χ0) is 18.1. The molecular formula is C18H31BN4O2. The molecule has 0 spiro atoms. The average molecular weight is 346 g/mol. The van der Waals surface area contributed by atoms with Crippen molar-refractivity contribution in [2.45, 2.75) is 38.9 Å². The minimum atomic E-state index is -0.350. The van der Waals surface area contributed by atoms with Crippen LogP contribution in [0.5, 0.6) is 0 Å². The molecule has 2 fully saturated rings. The van der Waals surface area contributed by atoms with Crippen molar-refractivity contribution >= 4 is 18.4 Å². The molecule has 0 amide bonds. The molecule has 0 atom stereocenters. The maximum absolute atomic E-state index is 6.07. The van der Waals surface area contributed by atoms with Crippen molar-refractivity contribution < 1.29 is 9.31 Å². The van der Waals surface area contributed by atoms with Crippen molar-refractivity contribution in [2.24, 2.45) is 0 Å². The number of nitrogens with zero attached hydrogens (tertiary/aromatic N) is 3. The molecule has 0 aliphatic carbocycles. The van der Waals surface area contributed by atoms with Crippen LogP contribution in [0.2, 0.25) is 0 Å². The van der Waals surface area contributed by atoms with Crippen molar-refractivity contribution in [3.63, 3.8) is 0 Å². The summed E-state index contributed by atoms with van der Waals surface area (Å²) >= 11 is 0. The van der Waals surface area contributed by atoms with Gasteiger partial charge in [-0.3, -0.25) is 4.90 Å². The Morgan fingerprint density at radius 2 is 1.72 bits per heavy atom. The molecule has 1 aromatic rings. The molecular weight excluding hydrogens is 315 g/mol. The van der Waals surface area contributed by atoms with Crippen molar-refractivity contribution in [3.05, 3.63) is 18.3 Å². The molecule has 2 aliphatic heterocycles. The van der Waals surface area contributed by atoms with Gasteiger partial charge in [-0.15, -0.1) is 0 Å². The third-order valence-corrected chi connectivity index (χ3v) is 5.64. The van der Waals surface area contributed by atoms with E-state index in [4.69, 9.17) is 9.31 Å². The topological polar surface area (TPSA) is 49.9 Å². The molecule has 6 nitrogen and oxygen atoms in total. The van der Waals surface area contributed by atoms with E-state index in [2.05, 4.69) is 54.8 Å². The smallest absolute Gasteiger partial charge is 0.399 e. The van der Waals surface area contributed by atoms with Crippen LogP contribution in [-0.2, 0) is 9.31 Å². The molecule has 2 saturated heterocycles. The molecule has 1 N–H and O–H groups in total. The molecule has 1 aromatic heterocycles. The standard InChI is InChI=1S/C18H31BN4O2/c1-17(2)18(3,4)25-19(24-17)15-6-7-16(21-14-15)20-8-9-23-12-10-22(5)11-13-23/h6-7,14H,8-13H2,1-5H3,(H,20,21).